The van der Waals surface area contributed by atoms with Crippen molar-refractivity contribution in [2.24, 2.45) is 5.92 Å². The van der Waals surface area contributed by atoms with Crippen molar-refractivity contribution in [1.29, 1.82) is 0 Å². The molecule has 0 unspecified atom stereocenters. The maximum absolute atomic E-state index is 12.9. The van der Waals surface area contributed by atoms with Crippen molar-refractivity contribution >= 4 is 34.4 Å². The Hall–Kier alpha value is -2.14. The fourth-order valence-corrected chi connectivity index (χ4v) is 3.44. The maximum atomic E-state index is 12.9. The summed E-state index contributed by atoms with van der Waals surface area (Å²) in [6, 6.07) is 7.28. The van der Waals surface area contributed by atoms with Crippen molar-refractivity contribution < 1.29 is 14.7 Å². The minimum atomic E-state index is -0.778. The average molecular weight is 347 g/mol. The lowest BCUT2D eigenvalue weighted by atomic mass is 9.93. The van der Waals surface area contributed by atoms with E-state index in [9.17, 15) is 9.59 Å². The van der Waals surface area contributed by atoms with Crippen molar-refractivity contribution in [2.75, 3.05) is 13.1 Å². The summed E-state index contributed by atoms with van der Waals surface area (Å²) in [7, 11) is 0. The van der Waals surface area contributed by atoms with E-state index in [-0.39, 0.29) is 18.2 Å². The van der Waals surface area contributed by atoms with Gasteiger partial charge in [-0.25, -0.2) is 0 Å². The van der Waals surface area contributed by atoms with Gasteiger partial charge in [0, 0.05) is 35.6 Å². The van der Waals surface area contributed by atoms with Crippen LogP contribution < -0.4 is 0 Å². The zero-order valence-electron chi connectivity index (χ0n) is 13.5. The van der Waals surface area contributed by atoms with E-state index in [0.29, 0.717) is 42.0 Å². The number of pyridine rings is 1. The first-order valence-corrected chi connectivity index (χ1v) is 8.40. The monoisotopic (exact) mass is 346 g/mol. The fraction of sp³-hybridized carbons (Fsp3) is 0.389. The second kappa shape index (κ2) is 6.77. The molecule has 0 aliphatic carbocycles. The number of likely N-dealkylation sites (tertiary alicyclic amines) is 1. The minimum absolute atomic E-state index is 0.0885. The molecule has 5 nitrogen and oxygen atoms in total. The van der Waals surface area contributed by atoms with Crippen molar-refractivity contribution in [1.82, 2.24) is 9.88 Å². The molecule has 0 bridgehead atoms. The molecule has 1 fully saturated rings. The van der Waals surface area contributed by atoms with Crippen LogP contribution in [0.3, 0.4) is 0 Å². The van der Waals surface area contributed by atoms with Crippen LogP contribution in [-0.2, 0) is 4.79 Å². The van der Waals surface area contributed by atoms with Crippen molar-refractivity contribution in [3.8, 4) is 0 Å². The molecule has 2 aromatic rings. The molecule has 126 valence electrons. The zero-order chi connectivity index (χ0) is 17.3. The number of halogens is 1. The number of fused-ring (bicyclic) bond motifs is 1. The highest BCUT2D eigenvalue weighted by molar-refractivity contribution is 6.32. The van der Waals surface area contributed by atoms with Crippen LogP contribution in [0, 0.1) is 12.8 Å². The Bertz CT molecular complexity index is 798. The van der Waals surface area contributed by atoms with Crippen molar-refractivity contribution in [3.05, 3.63) is 40.5 Å². The Morgan fingerprint density at radius 3 is 2.67 bits per heavy atom. The molecule has 0 spiro atoms. The molecule has 1 saturated heterocycles. The number of carbonyl (C=O) groups is 2. The number of hydrogen-bond acceptors (Lipinski definition) is 3. The lowest BCUT2D eigenvalue weighted by Crippen LogP contribution is -2.39. The lowest BCUT2D eigenvalue weighted by Gasteiger charge is -2.31. The van der Waals surface area contributed by atoms with Crippen LogP contribution in [0.5, 0.6) is 0 Å². The molecule has 1 N–H and O–H groups in total. The summed E-state index contributed by atoms with van der Waals surface area (Å²) >= 11 is 6.16. The number of aromatic nitrogens is 1. The summed E-state index contributed by atoms with van der Waals surface area (Å²) in [5.74, 6) is -0.724. The predicted molar refractivity (Wildman–Crippen MR) is 92.4 cm³/mol. The number of carboxylic acids is 1. The van der Waals surface area contributed by atoms with Gasteiger partial charge in [0.15, 0.2) is 0 Å². The molecule has 1 amide bonds. The van der Waals surface area contributed by atoms with E-state index in [0.717, 1.165) is 11.1 Å². The van der Waals surface area contributed by atoms with Gasteiger partial charge in [-0.05, 0) is 43.9 Å². The summed E-state index contributed by atoms with van der Waals surface area (Å²) < 4.78 is 0. The first kappa shape index (κ1) is 16.7. The maximum Gasteiger partial charge on any atom is 0.303 e. The Kier molecular flexibility index (Phi) is 4.71. The number of hydrogen-bond donors (Lipinski definition) is 1. The van der Waals surface area contributed by atoms with Gasteiger partial charge in [0.25, 0.3) is 5.91 Å². The Balaban J connectivity index is 1.84. The number of benzene rings is 1. The Labute approximate surface area is 145 Å². The molecule has 1 aromatic heterocycles. The molecule has 24 heavy (non-hydrogen) atoms. The molecule has 0 atom stereocenters. The second-order valence-corrected chi connectivity index (χ2v) is 6.75. The van der Waals surface area contributed by atoms with Crippen LogP contribution >= 0.6 is 11.6 Å². The molecular weight excluding hydrogens is 328 g/mol. The van der Waals surface area contributed by atoms with Gasteiger partial charge in [-0.2, -0.15) is 0 Å². The Morgan fingerprint density at radius 1 is 1.29 bits per heavy atom. The zero-order valence-corrected chi connectivity index (χ0v) is 14.2. The smallest absolute Gasteiger partial charge is 0.303 e. The summed E-state index contributed by atoms with van der Waals surface area (Å²) in [6.07, 6.45) is 1.59. The average Bonchev–Trinajstić information content (AvgIpc) is 2.54. The van der Waals surface area contributed by atoms with Gasteiger partial charge in [0.1, 0.15) is 0 Å². The van der Waals surface area contributed by atoms with Crippen molar-refractivity contribution in [3.63, 3.8) is 0 Å². The van der Waals surface area contributed by atoms with E-state index in [1.54, 1.807) is 17.0 Å². The summed E-state index contributed by atoms with van der Waals surface area (Å²) in [5, 5.41) is 10.2. The molecule has 0 saturated carbocycles. The third-order valence-corrected chi connectivity index (χ3v) is 4.71. The normalized spacial score (nSPS) is 15.7. The van der Waals surface area contributed by atoms with Crippen LogP contribution in [-0.4, -0.2) is 40.0 Å². The number of aryl methyl sites for hydroxylation is 1. The van der Waals surface area contributed by atoms with Crippen LogP contribution in [0.4, 0.5) is 0 Å². The van der Waals surface area contributed by atoms with Gasteiger partial charge >= 0.3 is 5.97 Å². The van der Waals surface area contributed by atoms with Gasteiger partial charge in [-0.15, -0.1) is 0 Å². The summed E-state index contributed by atoms with van der Waals surface area (Å²) in [4.78, 5) is 30.0. The molecule has 1 aliphatic rings. The van der Waals surface area contributed by atoms with Gasteiger partial charge in [0.05, 0.1) is 11.1 Å². The number of amides is 1. The van der Waals surface area contributed by atoms with E-state index >= 15 is 0 Å². The summed E-state index contributed by atoms with van der Waals surface area (Å²) in [6.45, 7) is 3.02. The predicted octanol–water partition coefficient (Wildman–Crippen LogP) is 3.52. The van der Waals surface area contributed by atoms with Crippen LogP contribution in [0.25, 0.3) is 10.9 Å². The van der Waals surface area contributed by atoms with E-state index in [2.05, 4.69) is 4.98 Å². The highest BCUT2D eigenvalue weighted by Crippen LogP contribution is 2.27. The molecule has 1 aromatic carbocycles. The lowest BCUT2D eigenvalue weighted by molar-refractivity contribution is -0.138. The molecule has 2 heterocycles. The fourth-order valence-electron chi connectivity index (χ4n) is 3.22. The van der Waals surface area contributed by atoms with Gasteiger partial charge in [0.2, 0.25) is 0 Å². The molecule has 0 radical (unpaired) electrons. The van der Waals surface area contributed by atoms with Crippen LogP contribution in [0.1, 0.15) is 35.3 Å². The molecule has 3 rings (SSSR count). The largest absolute Gasteiger partial charge is 0.481 e. The molecular formula is C18H19ClN2O3. The minimum Gasteiger partial charge on any atom is -0.481 e. The van der Waals surface area contributed by atoms with E-state index in [1.807, 2.05) is 19.1 Å². The number of carboxylic acid groups (broad SMARTS) is 1. The van der Waals surface area contributed by atoms with Crippen molar-refractivity contribution in [2.45, 2.75) is 26.2 Å². The number of rotatable bonds is 3. The third-order valence-electron chi connectivity index (χ3n) is 4.49. The Morgan fingerprint density at radius 2 is 2.00 bits per heavy atom. The molecule has 1 aliphatic heterocycles. The van der Waals surface area contributed by atoms with Crippen LogP contribution in [0.2, 0.25) is 5.02 Å². The number of carbonyl (C=O) groups excluding carboxylic acids is 1. The SMILES string of the molecule is Cc1ccc2cc(Cl)cc(C(=O)N3CCC(CC(=O)O)CC3)c2n1. The number of piperidine rings is 1. The first-order valence-electron chi connectivity index (χ1n) is 8.02. The second-order valence-electron chi connectivity index (χ2n) is 6.31. The highest BCUT2D eigenvalue weighted by atomic mass is 35.5. The van der Waals surface area contributed by atoms with Gasteiger partial charge in [-0.3, -0.25) is 14.6 Å². The summed E-state index contributed by atoms with van der Waals surface area (Å²) in [5.41, 5.74) is 2.02. The number of aliphatic carboxylic acids is 1. The van der Waals surface area contributed by atoms with Gasteiger partial charge < -0.3 is 10.0 Å². The quantitative estimate of drug-likeness (QED) is 0.923. The highest BCUT2D eigenvalue weighted by Gasteiger charge is 2.26. The van der Waals surface area contributed by atoms with E-state index < -0.39 is 5.97 Å². The standard InChI is InChI=1S/C18H19ClN2O3/c1-11-2-3-13-9-14(19)10-15(17(13)20-11)18(24)21-6-4-12(5-7-21)8-16(22)23/h2-3,9-10,12H,4-8H2,1H3,(H,22,23). The first-order chi connectivity index (χ1) is 11.4. The number of nitrogens with zero attached hydrogens (tertiary/aromatic N) is 2. The third kappa shape index (κ3) is 3.51. The van der Waals surface area contributed by atoms with E-state index in [4.69, 9.17) is 16.7 Å². The van der Waals surface area contributed by atoms with Gasteiger partial charge in [-0.1, -0.05) is 17.7 Å². The topological polar surface area (TPSA) is 70.5 Å². The molecule has 6 heteroatoms. The van der Waals surface area contributed by atoms with E-state index in [1.165, 1.54) is 0 Å². The van der Waals surface area contributed by atoms with Crippen LogP contribution in [0.15, 0.2) is 24.3 Å².